The lowest BCUT2D eigenvalue weighted by atomic mass is 9.98. The Kier molecular flexibility index (Phi) is 8.88. The molecule has 0 spiro atoms. The van der Waals surface area contributed by atoms with Gasteiger partial charge < -0.3 is 25.7 Å². The second-order valence-electron chi connectivity index (χ2n) is 9.58. The lowest BCUT2D eigenvalue weighted by Gasteiger charge is -2.30. The van der Waals surface area contributed by atoms with Gasteiger partial charge in [-0.1, -0.05) is 42.5 Å². The second kappa shape index (κ2) is 12.5. The molecule has 4 unspecified atom stereocenters. The summed E-state index contributed by atoms with van der Waals surface area (Å²) < 4.78 is 14.5. The molecule has 0 aliphatic carbocycles. The van der Waals surface area contributed by atoms with Crippen molar-refractivity contribution in [3.8, 4) is 5.75 Å². The Morgan fingerprint density at radius 1 is 1.08 bits per heavy atom. The molecule has 2 heterocycles. The zero-order chi connectivity index (χ0) is 27.9. The fraction of sp³-hybridized carbons (Fsp3) is 0.310. The molecular formula is C29H31FN4O5. The number of hydrogen-bond donors (Lipinski definition) is 4. The minimum absolute atomic E-state index is 0.0647. The van der Waals surface area contributed by atoms with Crippen LogP contribution in [0.2, 0.25) is 0 Å². The maximum absolute atomic E-state index is 14.5. The van der Waals surface area contributed by atoms with Crippen molar-refractivity contribution in [1.82, 2.24) is 20.5 Å². The molecule has 3 aromatic rings. The van der Waals surface area contributed by atoms with E-state index in [2.05, 4.69) is 15.6 Å². The quantitative estimate of drug-likeness (QED) is 0.332. The molecule has 2 aromatic carbocycles. The minimum Gasteiger partial charge on any atom is -0.508 e. The summed E-state index contributed by atoms with van der Waals surface area (Å²) in [6, 6.07) is 14.8. The maximum atomic E-state index is 14.5. The number of aromatic nitrogens is 1. The average Bonchev–Trinajstić information content (AvgIpc) is 3.34. The van der Waals surface area contributed by atoms with Crippen molar-refractivity contribution in [3.05, 3.63) is 95.3 Å². The number of aliphatic hydroxyl groups excluding tert-OH is 1. The third kappa shape index (κ3) is 6.77. The molecule has 0 radical (unpaired) electrons. The molecule has 1 fully saturated rings. The topological polar surface area (TPSA) is 132 Å². The highest BCUT2D eigenvalue weighted by Gasteiger charge is 2.43. The number of aliphatic hydroxyl groups is 1. The zero-order valence-corrected chi connectivity index (χ0v) is 21.5. The summed E-state index contributed by atoms with van der Waals surface area (Å²) in [7, 11) is 0. The van der Waals surface area contributed by atoms with Gasteiger partial charge in [0.05, 0.1) is 12.6 Å². The van der Waals surface area contributed by atoms with Crippen molar-refractivity contribution in [2.75, 3.05) is 6.54 Å². The molecular weight excluding hydrogens is 503 g/mol. The molecule has 0 saturated carbocycles. The summed E-state index contributed by atoms with van der Waals surface area (Å²) in [5.74, 6) is -2.05. The highest BCUT2D eigenvalue weighted by molar-refractivity contribution is 5.97. The monoisotopic (exact) mass is 534 g/mol. The number of nitrogens with zero attached hydrogens (tertiary/aromatic N) is 2. The van der Waals surface area contributed by atoms with Gasteiger partial charge in [0.15, 0.2) is 6.10 Å². The van der Waals surface area contributed by atoms with Crippen molar-refractivity contribution in [1.29, 1.82) is 0 Å². The fourth-order valence-electron chi connectivity index (χ4n) is 4.65. The summed E-state index contributed by atoms with van der Waals surface area (Å²) in [5.41, 5.74) is 2.02. The number of nitrogens with one attached hydrogen (secondary N) is 2. The molecule has 204 valence electrons. The van der Waals surface area contributed by atoms with Crippen molar-refractivity contribution < 1.29 is 29.0 Å². The molecule has 39 heavy (non-hydrogen) atoms. The van der Waals surface area contributed by atoms with E-state index in [1.807, 2.05) is 6.07 Å². The first-order valence-corrected chi connectivity index (χ1v) is 12.7. The third-order valence-corrected chi connectivity index (χ3v) is 6.82. The molecule has 1 saturated heterocycles. The summed E-state index contributed by atoms with van der Waals surface area (Å²) in [6.45, 7) is 1.39. The Hall–Kier alpha value is -4.31. The van der Waals surface area contributed by atoms with Crippen LogP contribution < -0.4 is 10.6 Å². The van der Waals surface area contributed by atoms with E-state index in [1.54, 1.807) is 55.7 Å². The number of likely N-dealkylation sites (tertiary alicyclic amines) is 1. The first-order valence-electron chi connectivity index (χ1n) is 12.7. The van der Waals surface area contributed by atoms with Gasteiger partial charge in [-0.15, -0.1) is 0 Å². The number of benzene rings is 2. The van der Waals surface area contributed by atoms with E-state index in [0.29, 0.717) is 5.56 Å². The first-order chi connectivity index (χ1) is 18.7. The van der Waals surface area contributed by atoms with Crippen LogP contribution in [0.4, 0.5) is 4.39 Å². The van der Waals surface area contributed by atoms with Crippen molar-refractivity contribution in [3.63, 3.8) is 0 Å². The smallest absolute Gasteiger partial charge is 0.254 e. The lowest BCUT2D eigenvalue weighted by Crippen LogP contribution is -2.55. The number of alkyl halides is 1. The molecule has 1 aromatic heterocycles. The molecule has 10 heteroatoms. The van der Waals surface area contributed by atoms with Crippen molar-refractivity contribution >= 4 is 17.7 Å². The number of phenolic OH excluding ortho intramolecular Hbond substituents is 1. The number of hydrogen-bond acceptors (Lipinski definition) is 6. The molecule has 3 amide bonds. The Balaban J connectivity index is 1.52. The predicted molar refractivity (Wildman–Crippen MR) is 141 cm³/mol. The Morgan fingerprint density at radius 2 is 1.82 bits per heavy atom. The van der Waals surface area contributed by atoms with E-state index in [9.17, 15) is 29.0 Å². The van der Waals surface area contributed by atoms with E-state index >= 15 is 0 Å². The van der Waals surface area contributed by atoms with Crippen LogP contribution in [0.1, 0.15) is 33.5 Å². The number of pyridine rings is 1. The largest absolute Gasteiger partial charge is 0.508 e. The van der Waals surface area contributed by atoms with Crippen molar-refractivity contribution in [2.24, 2.45) is 0 Å². The fourth-order valence-corrected chi connectivity index (χ4v) is 4.65. The van der Waals surface area contributed by atoms with Gasteiger partial charge in [0.25, 0.3) is 11.8 Å². The van der Waals surface area contributed by atoms with Gasteiger partial charge in [-0.25, -0.2) is 4.39 Å². The van der Waals surface area contributed by atoms with Gasteiger partial charge in [-0.2, -0.15) is 0 Å². The molecule has 4 atom stereocenters. The summed E-state index contributed by atoms with van der Waals surface area (Å²) in [6.07, 6.45) is -0.106. The second-order valence-corrected chi connectivity index (χ2v) is 9.58. The molecule has 4 N–H and O–H groups in total. The average molecular weight is 535 g/mol. The van der Waals surface area contributed by atoms with Gasteiger partial charge in [0, 0.05) is 36.5 Å². The minimum atomic E-state index is -1.76. The lowest BCUT2D eigenvalue weighted by molar-refractivity contribution is -0.146. The Labute approximate surface area is 225 Å². The van der Waals surface area contributed by atoms with E-state index < -0.39 is 42.1 Å². The van der Waals surface area contributed by atoms with Crippen LogP contribution in [0.25, 0.3) is 0 Å². The zero-order valence-electron chi connectivity index (χ0n) is 21.5. The van der Waals surface area contributed by atoms with Crippen molar-refractivity contribution in [2.45, 2.75) is 50.7 Å². The number of rotatable bonds is 9. The van der Waals surface area contributed by atoms with Gasteiger partial charge in [-0.05, 0) is 42.7 Å². The predicted octanol–water partition coefficient (Wildman–Crippen LogP) is 2.05. The summed E-state index contributed by atoms with van der Waals surface area (Å²) in [4.78, 5) is 44.6. The van der Waals surface area contributed by atoms with Crippen LogP contribution in [0.3, 0.4) is 0 Å². The SMILES string of the molecule is Cc1c(O)cccc1C(=O)NC(Cc1ccccc1)C(O)C(=O)N1CC(F)CC1C(=O)NCc1cccnc1. The number of carbonyl (C=O) groups excluding carboxylic acids is 3. The van der Waals surface area contributed by atoms with E-state index in [1.165, 1.54) is 18.2 Å². The molecule has 0 bridgehead atoms. The van der Waals surface area contributed by atoms with Gasteiger partial charge in [0.2, 0.25) is 5.91 Å². The molecule has 1 aliphatic heterocycles. The summed E-state index contributed by atoms with van der Waals surface area (Å²) >= 11 is 0. The highest BCUT2D eigenvalue weighted by atomic mass is 19.1. The third-order valence-electron chi connectivity index (χ3n) is 6.82. The standard InChI is InChI=1S/C29H31FN4O5/c1-18-22(10-5-11-25(18)35)27(37)33-23(13-19-7-3-2-4-8-19)26(36)29(39)34-17-21(30)14-24(34)28(38)32-16-20-9-6-12-31-15-20/h2-12,15,21,23-24,26,35-36H,13-14,16-17H2,1H3,(H,32,38)(H,33,37). The van der Waals surface area contributed by atoms with Crippen LogP contribution in [-0.4, -0.2) is 68.7 Å². The number of amides is 3. The van der Waals surface area contributed by atoms with Crippen LogP contribution in [0, 0.1) is 6.92 Å². The highest BCUT2D eigenvalue weighted by Crippen LogP contribution is 2.24. The first kappa shape index (κ1) is 27.7. The molecule has 1 aliphatic rings. The summed E-state index contributed by atoms with van der Waals surface area (Å²) in [5, 5.41) is 26.6. The Bertz CT molecular complexity index is 1310. The van der Waals surface area contributed by atoms with Crippen LogP contribution in [0.5, 0.6) is 5.75 Å². The number of carbonyl (C=O) groups is 3. The van der Waals surface area contributed by atoms with Crippen LogP contribution >= 0.6 is 0 Å². The molecule has 9 nitrogen and oxygen atoms in total. The van der Waals surface area contributed by atoms with E-state index in [4.69, 9.17) is 0 Å². The number of aromatic hydroxyl groups is 1. The Morgan fingerprint density at radius 3 is 2.54 bits per heavy atom. The number of phenols is 1. The van der Waals surface area contributed by atoms with Crippen LogP contribution in [-0.2, 0) is 22.6 Å². The van der Waals surface area contributed by atoms with E-state index in [0.717, 1.165) is 16.0 Å². The van der Waals surface area contributed by atoms with E-state index in [-0.39, 0.29) is 37.2 Å². The number of halogens is 1. The van der Waals surface area contributed by atoms with Gasteiger partial charge >= 0.3 is 0 Å². The van der Waals surface area contributed by atoms with Crippen LogP contribution in [0.15, 0.2) is 73.1 Å². The molecule has 4 rings (SSSR count). The van der Waals surface area contributed by atoms with Gasteiger partial charge in [0.1, 0.15) is 18.0 Å². The maximum Gasteiger partial charge on any atom is 0.254 e. The normalized spacial score (nSPS) is 18.3. The van der Waals surface area contributed by atoms with Gasteiger partial charge in [-0.3, -0.25) is 19.4 Å².